The van der Waals surface area contributed by atoms with Crippen LogP contribution in [-0.2, 0) is 0 Å². The Bertz CT molecular complexity index is 555. The molecule has 2 aromatic rings. The van der Waals surface area contributed by atoms with Gasteiger partial charge in [0.25, 0.3) is 0 Å². The molecule has 72 valence electrons. The van der Waals surface area contributed by atoms with E-state index in [1.165, 1.54) is 6.07 Å². The van der Waals surface area contributed by atoms with Crippen LogP contribution >= 0.6 is 11.6 Å². The van der Waals surface area contributed by atoms with Crippen LogP contribution in [0.3, 0.4) is 0 Å². The topological polar surface area (TPSA) is 30.2 Å². The highest BCUT2D eigenvalue weighted by molar-refractivity contribution is 6.35. The smallest absolute Gasteiger partial charge is 0.337 e. The highest BCUT2D eigenvalue weighted by Gasteiger charge is 2.06. The lowest BCUT2D eigenvalue weighted by atomic mass is 10.1. The Balaban J connectivity index is 3.01. The molecular formula is C11H9ClO2. The summed E-state index contributed by atoms with van der Waals surface area (Å²) >= 11 is 5.95. The molecule has 3 heteroatoms. The molecule has 0 N–H and O–H groups in total. The van der Waals surface area contributed by atoms with E-state index in [-0.39, 0.29) is 0 Å². The molecule has 1 aromatic heterocycles. The number of benzene rings is 1. The molecule has 0 aliphatic carbocycles. The van der Waals surface area contributed by atoms with Gasteiger partial charge in [-0.05, 0) is 31.0 Å². The first kappa shape index (κ1) is 9.28. The highest BCUT2D eigenvalue weighted by Crippen LogP contribution is 2.25. The minimum absolute atomic E-state index is 0.408. The molecule has 0 atom stereocenters. The summed E-state index contributed by atoms with van der Waals surface area (Å²) in [5, 5.41) is 1.24. The number of halogens is 1. The van der Waals surface area contributed by atoms with Gasteiger partial charge in [-0.3, -0.25) is 0 Å². The maximum atomic E-state index is 11.1. The van der Waals surface area contributed by atoms with Gasteiger partial charge in [0.15, 0.2) is 0 Å². The quantitative estimate of drug-likeness (QED) is 0.623. The largest absolute Gasteiger partial charge is 0.422 e. The fourth-order valence-corrected chi connectivity index (χ4v) is 1.81. The monoisotopic (exact) mass is 208 g/mol. The van der Waals surface area contributed by atoms with Crippen LogP contribution in [0.5, 0.6) is 0 Å². The van der Waals surface area contributed by atoms with E-state index in [2.05, 4.69) is 0 Å². The molecule has 0 aliphatic heterocycles. The second-order valence-electron chi connectivity index (χ2n) is 3.37. The molecule has 1 aromatic carbocycles. The summed E-state index contributed by atoms with van der Waals surface area (Å²) in [5.41, 5.74) is 2.20. The maximum absolute atomic E-state index is 11.1. The predicted octanol–water partition coefficient (Wildman–Crippen LogP) is 3.06. The summed E-state index contributed by atoms with van der Waals surface area (Å²) in [4.78, 5) is 11.1. The minimum Gasteiger partial charge on any atom is -0.422 e. The SMILES string of the molecule is Cc1cc(C)c2oc(=O)cc(Cl)c2c1. The van der Waals surface area contributed by atoms with Gasteiger partial charge in [-0.25, -0.2) is 4.79 Å². The average molecular weight is 209 g/mol. The van der Waals surface area contributed by atoms with Gasteiger partial charge in [0.2, 0.25) is 0 Å². The van der Waals surface area contributed by atoms with Crippen molar-refractivity contribution in [3.8, 4) is 0 Å². The van der Waals surface area contributed by atoms with E-state index in [1.807, 2.05) is 26.0 Å². The van der Waals surface area contributed by atoms with Crippen LogP contribution in [0.4, 0.5) is 0 Å². The molecule has 2 nitrogen and oxygen atoms in total. The van der Waals surface area contributed by atoms with Crippen LogP contribution in [-0.4, -0.2) is 0 Å². The predicted molar refractivity (Wildman–Crippen MR) is 57.0 cm³/mol. The Kier molecular flexibility index (Phi) is 2.08. The van der Waals surface area contributed by atoms with Crippen molar-refractivity contribution >= 4 is 22.6 Å². The number of hydrogen-bond donors (Lipinski definition) is 0. The Labute approximate surface area is 86.1 Å². The first-order chi connectivity index (χ1) is 6.58. The van der Waals surface area contributed by atoms with Gasteiger partial charge in [-0.1, -0.05) is 17.7 Å². The molecule has 0 unspecified atom stereocenters. The van der Waals surface area contributed by atoms with Crippen LogP contribution in [0.15, 0.2) is 27.4 Å². The van der Waals surface area contributed by atoms with Crippen molar-refractivity contribution in [2.75, 3.05) is 0 Å². The van der Waals surface area contributed by atoms with E-state index in [0.29, 0.717) is 10.6 Å². The third-order valence-electron chi connectivity index (χ3n) is 2.12. The van der Waals surface area contributed by atoms with Crippen molar-refractivity contribution in [2.45, 2.75) is 13.8 Å². The lowest BCUT2D eigenvalue weighted by Crippen LogP contribution is -1.97. The third kappa shape index (κ3) is 1.42. The number of aryl methyl sites for hydroxylation is 2. The fraction of sp³-hybridized carbons (Fsp3) is 0.182. The standard InChI is InChI=1S/C11H9ClO2/c1-6-3-7(2)11-8(4-6)9(12)5-10(13)14-11/h3-5H,1-2H3. The molecule has 1 heterocycles. The molecule has 0 fully saturated rings. The Morgan fingerprint density at radius 2 is 1.93 bits per heavy atom. The third-order valence-corrected chi connectivity index (χ3v) is 2.44. The molecule has 2 rings (SSSR count). The van der Waals surface area contributed by atoms with Gasteiger partial charge < -0.3 is 4.42 Å². The van der Waals surface area contributed by atoms with Crippen molar-refractivity contribution in [1.82, 2.24) is 0 Å². The zero-order valence-electron chi connectivity index (χ0n) is 7.93. The molecule has 0 spiro atoms. The van der Waals surface area contributed by atoms with Crippen LogP contribution in [0.2, 0.25) is 5.02 Å². The summed E-state index contributed by atoms with van der Waals surface area (Å²) in [5.74, 6) is 0. The van der Waals surface area contributed by atoms with Gasteiger partial charge in [-0.2, -0.15) is 0 Å². The number of fused-ring (bicyclic) bond motifs is 1. The lowest BCUT2D eigenvalue weighted by Gasteiger charge is -2.03. The first-order valence-corrected chi connectivity index (χ1v) is 4.66. The van der Waals surface area contributed by atoms with Crippen LogP contribution < -0.4 is 5.63 Å². The zero-order chi connectivity index (χ0) is 10.3. The van der Waals surface area contributed by atoms with E-state index in [9.17, 15) is 4.79 Å². The fourth-order valence-electron chi connectivity index (χ4n) is 1.58. The average Bonchev–Trinajstić information content (AvgIpc) is 2.07. The normalized spacial score (nSPS) is 10.8. The van der Waals surface area contributed by atoms with Crippen molar-refractivity contribution < 1.29 is 4.42 Å². The molecule has 0 bridgehead atoms. The Morgan fingerprint density at radius 3 is 2.64 bits per heavy atom. The minimum atomic E-state index is -0.408. The lowest BCUT2D eigenvalue weighted by molar-refractivity contribution is 0.559. The van der Waals surface area contributed by atoms with E-state index in [1.54, 1.807) is 0 Å². The summed E-state index contributed by atoms with van der Waals surface area (Å²) in [6.45, 7) is 3.88. The van der Waals surface area contributed by atoms with Crippen LogP contribution in [0.25, 0.3) is 11.0 Å². The molecule has 0 saturated carbocycles. The second kappa shape index (κ2) is 3.14. The van der Waals surface area contributed by atoms with Crippen LogP contribution in [0.1, 0.15) is 11.1 Å². The highest BCUT2D eigenvalue weighted by atomic mass is 35.5. The van der Waals surface area contributed by atoms with Gasteiger partial charge >= 0.3 is 5.63 Å². The summed E-state index contributed by atoms with van der Waals surface area (Å²) in [7, 11) is 0. The van der Waals surface area contributed by atoms with E-state index in [0.717, 1.165) is 16.5 Å². The van der Waals surface area contributed by atoms with Gasteiger partial charge in [0.1, 0.15) is 5.58 Å². The van der Waals surface area contributed by atoms with Gasteiger partial charge in [-0.15, -0.1) is 0 Å². The maximum Gasteiger partial charge on any atom is 0.337 e. The Morgan fingerprint density at radius 1 is 1.21 bits per heavy atom. The van der Waals surface area contributed by atoms with E-state index in [4.69, 9.17) is 16.0 Å². The van der Waals surface area contributed by atoms with Crippen molar-refractivity contribution in [1.29, 1.82) is 0 Å². The molecule has 14 heavy (non-hydrogen) atoms. The van der Waals surface area contributed by atoms with Crippen molar-refractivity contribution in [3.63, 3.8) is 0 Å². The van der Waals surface area contributed by atoms with Crippen LogP contribution in [0, 0.1) is 13.8 Å². The Hall–Kier alpha value is -1.28. The van der Waals surface area contributed by atoms with E-state index < -0.39 is 5.63 Å². The number of hydrogen-bond acceptors (Lipinski definition) is 2. The van der Waals surface area contributed by atoms with Gasteiger partial charge in [0, 0.05) is 11.5 Å². The number of rotatable bonds is 0. The van der Waals surface area contributed by atoms with Crippen molar-refractivity contribution in [3.05, 3.63) is 44.8 Å². The summed E-state index contributed by atoms with van der Waals surface area (Å²) in [6.07, 6.45) is 0. The van der Waals surface area contributed by atoms with Gasteiger partial charge in [0.05, 0.1) is 5.02 Å². The summed E-state index contributed by atoms with van der Waals surface area (Å²) in [6, 6.07) is 5.16. The molecule has 0 saturated heterocycles. The molecule has 0 radical (unpaired) electrons. The second-order valence-corrected chi connectivity index (χ2v) is 3.78. The molecule has 0 aliphatic rings. The summed E-state index contributed by atoms with van der Waals surface area (Å²) < 4.78 is 5.09. The van der Waals surface area contributed by atoms with E-state index >= 15 is 0 Å². The first-order valence-electron chi connectivity index (χ1n) is 4.28. The molecular weight excluding hydrogens is 200 g/mol. The zero-order valence-corrected chi connectivity index (χ0v) is 8.68. The molecule has 0 amide bonds. The van der Waals surface area contributed by atoms with Crippen molar-refractivity contribution in [2.24, 2.45) is 0 Å².